The third kappa shape index (κ3) is 3.20. The van der Waals surface area contributed by atoms with E-state index in [0.29, 0.717) is 10.5 Å². The number of thioether (sulfide) groups is 1. The van der Waals surface area contributed by atoms with Crippen LogP contribution in [-0.4, -0.2) is 9.97 Å². The number of rotatable bonds is 4. The number of nitrogens with one attached hydrogen (secondary N) is 1. The van der Waals surface area contributed by atoms with Crippen molar-refractivity contribution >= 4 is 33.3 Å². The van der Waals surface area contributed by atoms with Gasteiger partial charge < -0.3 is 4.98 Å². The molecule has 0 fully saturated rings. The van der Waals surface area contributed by atoms with Gasteiger partial charge in [0.15, 0.2) is 5.16 Å². The second-order valence-electron chi connectivity index (χ2n) is 6.17. The van der Waals surface area contributed by atoms with Crippen LogP contribution in [0.5, 0.6) is 0 Å². The lowest BCUT2D eigenvalue weighted by Gasteiger charge is -2.05. The Morgan fingerprint density at radius 1 is 1.04 bits per heavy atom. The minimum atomic E-state index is -0.0644. The lowest BCUT2D eigenvalue weighted by atomic mass is 10.0. The van der Waals surface area contributed by atoms with Crippen molar-refractivity contribution in [3.63, 3.8) is 0 Å². The summed E-state index contributed by atoms with van der Waals surface area (Å²) >= 11 is 3.15. The van der Waals surface area contributed by atoms with E-state index < -0.39 is 0 Å². The molecule has 26 heavy (non-hydrogen) atoms. The molecule has 4 aromatic rings. The zero-order chi connectivity index (χ0) is 18.1. The second-order valence-corrected chi connectivity index (χ2v) is 8.33. The smallest absolute Gasteiger partial charge is 0.260 e. The van der Waals surface area contributed by atoms with Gasteiger partial charge in [0.05, 0.1) is 5.39 Å². The highest BCUT2D eigenvalue weighted by molar-refractivity contribution is 7.98. The Morgan fingerprint density at radius 3 is 2.54 bits per heavy atom. The molecule has 0 spiro atoms. The van der Waals surface area contributed by atoms with Crippen molar-refractivity contribution in [3.8, 4) is 11.1 Å². The van der Waals surface area contributed by atoms with Crippen molar-refractivity contribution in [3.05, 3.63) is 81.0 Å². The monoisotopic (exact) mass is 378 g/mol. The second kappa shape index (κ2) is 7.09. The van der Waals surface area contributed by atoms with Crippen LogP contribution in [0, 0.1) is 13.8 Å². The Morgan fingerprint density at radius 2 is 1.77 bits per heavy atom. The van der Waals surface area contributed by atoms with Gasteiger partial charge in [0.2, 0.25) is 0 Å². The van der Waals surface area contributed by atoms with Gasteiger partial charge in [-0.1, -0.05) is 66.4 Å². The molecule has 1 N–H and O–H groups in total. The maximum Gasteiger partial charge on any atom is 0.260 e. The Hall–Kier alpha value is -2.37. The van der Waals surface area contributed by atoms with Crippen LogP contribution in [-0.2, 0) is 5.75 Å². The van der Waals surface area contributed by atoms with E-state index in [-0.39, 0.29) is 5.56 Å². The molecule has 3 nitrogen and oxygen atoms in total. The van der Waals surface area contributed by atoms with Gasteiger partial charge in [-0.3, -0.25) is 4.79 Å². The van der Waals surface area contributed by atoms with Crippen molar-refractivity contribution < 1.29 is 0 Å². The van der Waals surface area contributed by atoms with E-state index in [1.165, 1.54) is 11.1 Å². The average Bonchev–Trinajstić information content (AvgIpc) is 2.98. The number of aromatic amines is 1. The topological polar surface area (TPSA) is 45.8 Å². The lowest BCUT2D eigenvalue weighted by molar-refractivity contribution is 0.979. The van der Waals surface area contributed by atoms with Crippen LogP contribution in [0.25, 0.3) is 21.3 Å². The molecular formula is C21H18N2OS2. The molecule has 130 valence electrons. The first-order valence-electron chi connectivity index (χ1n) is 8.39. The number of hydrogen-bond donors (Lipinski definition) is 1. The van der Waals surface area contributed by atoms with Crippen LogP contribution in [0.4, 0.5) is 0 Å². The normalized spacial score (nSPS) is 11.2. The fourth-order valence-electron chi connectivity index (χ4n) is 3.04. The maximum absolute atomic E-state index is 12.8. The molecular weight excluding hydrogens is 360 g/mol. The third-order valence-electron chi connectivity index (χ3n) is 4.40. The molecule has 4 rings (SSSR count). The van der Waals surface area contributed by atoms with Crippen molar-refractivity contribution in [1.82, 2.24) is 9.97 Å². The molecule has 2 aromatic heterocycles. The van der Waals surface area contributed by atoms with Crippen LogP contribution in [0.1, 0.15) is 16.0 Å². The van der Waals surface area contributed by atoms with Gasteiger partial charge in [-0.2, -0.15) is 0 Å². The number of H-pyrrole nitrogens is 1. The molecule has 0 saturated carbocycles. The summed E-state index contributed by atoms with van der Waals surface area (Å²) < 4.78 is 0. The highest BCUT2D eigenvalue weighted by Gasteiger charge is 2.16. The molecule has 5 heteroatoms. The Kier molecular flexibility index (Phi) is 4.66. The predicted molar refractivity (Wildman–Crippen MR) is 111 cm³/mol. The van der Waals surface area contributed by atoms with Gasteiger partial charge in [-0.05, 0) is 30.5 Å². The summed E-state index contributed by atoms with van der Waals surface area (Å²) in [5.74, 6) is 0.789. The standard InChI is InChI=1S/C21H18N2OS2/c1-13-8-6-7-11-16(13)12-25-21-22-19(24)18-17(14(2)26-20(18)23-21)15-9-4-3-5-10-15/h3-11H,12H2,1-2H3,(H,22,23,24). The van der Waals surface area contributed by atoms with Gasteiger partial charge in [0.25, 0.3) is 5.56 Å². The van der Waals surface area contributed by atoms with E-state index in [2.05, 4.69) is 24.0 Å². The predicted octanol–water partition coefficient (Wildman–Crippen LogP) is 5.56. The molecule has 0 unspecified atom stereocenters. The van der Waals surface area contributed by atoms with Crippen LogP contribution in [0.2, 0.25) is 0 Å². The SMILES string of the molecule is Cc1ccccc1CSc1nc2sc(C)c(-c3ccccc3)c2c(=O)[nH]1. The Bertz CT molecular complexity index is 1130. The summed E-state index contributed by atoms with van der Waals surface area (Å²) in [6.45, 7) is 4.15. The minimum absolute atomic E-state index is 0.0644. The van der Waals surface area contributed by atoms with E-state index in [1.807, 2.05) is 49.4 Å². The zero-order valence-corrected chi connectivity index (χ0v) is 16.2. The molecule has 0 aliphatic rings. The Balaban J connectivity index is 1.72. The fraction of sp³-hybridized carbons (Fsp3) is 0.143. The highest BCUT2D eigenvalue weighted by Crippen LogP contribution is 2.36. The van der Waals surface area contributed by atoms with Crippen LogP contribution >= 0.6 is 23.1 Å². The molecule has 0 radical (unpaired) electrons. The first kappa shape index (κ1) is 17.1. The number of thiophene rings is 1. The molecule has 0 atom stereocenters. The van der Waals surface area contributed by atoms with E-state index >= 15 is 0 Å². The van der Waals surface area contributed by atoms with Crippen molar-refractivity contribution in [2.45, 2.75) is 24.8 Å². The molecule has 0 saturated heterocycles. The summed E-state index contributed by atoms with van der Waals surface area (Å²) in [4.78, 5) is 22.4. The van der Waals surface area contributed by atoms with Gasteiger partial charge in [-0.15, -0.1) is 11.3 Å². The van der Waals surface area contributed by atoms with Gasteiger partial charge in [0, 0.05) is 16.2 Å². The highest BCUT2D eigenvalue weighted by atomic mass is 32.2. The number of benzene rings is 2. The molecule has 0 amide bonds. The summed E-state index contributed by atoms with van der Waals surface area (Å²) in [6, 6.07) is 18.3. The van der Waals surface area contributed by atoms with Crippen molar-refractivity contribution in [1.29, 1.82) is 0 Å². The van der Waals surface area contributed by atoms with Crippen molar-refractivity contribution in [2.24, 2.45) is 0 Å². The molecule has 2 aromatic carbocycles. The third-order valence-corrected chi connectivity index (χ3v) is 6.33. The summed E-state index contributed by atoms with van der Waals surface area (Å²) in [6.07, 6.45) is 0. The fourth-order valence-corrected chi connectivity index (χ4v) is 5.08. The largest absolute Gasteiger partial charge is 0.301 e. The van der Waals surface area contributed by atoms with E-state index in [9.17, 15) is 4.79 Å². The van der Waals surface area contributed by atoms with Gasteiger partial charge in [-0.25, -0.2) is 4.98 Å². The van der Waals surface area contributed by atoms with E-state index in [4.69, 9.17) is 4.98 Å². The molecule has 0 aliphatic heterocycles. The maximum atomic E-state index is 12.8. The number of nitrogens with zero attached hydrogens (tertiary/aromatic N) is 1. The lowest BCUT2D eigenvalue weighted by Crippen LogP contribution is -2.08. The summed E-state index contributed by atoms with van der Waals surface area (Å²) in [5, 5.41) is 1.37. The first-order valence-corrected chi connectivity index (χ1v) is 10.2. The minimum Gasteiger partial charge on any atom is -0.301 e. The zero-order valence-electron chi connectivity index (χ0n) is 14.6. The number of aryl methyl sites for hydroxylation is 2. The molecule has 0 aliphatic carbocycles. The van der Waals surface area contributed by atoms with Crippen molar-refractivity contribution in [2.75, 3.05) is 0 Å². The molecule has 0 bridgehead atoms. The van der Waals surface area contributed by atoms with Gasteiger partial charge in [0.1, 0.15) is 4.83 Å². The van der Waals surface area contributed by atoms with E-state index in [1.54, 1.807) is 23.1 Å². The van der Waals surface area contributed by atoms with Crippen LogP contribution in [0.15, 0.2) is 64.5 Å². The van der Waals surface area contributed by atoms with Gasteiger partial charge >= 0.3 is 0 Å². The Labute approximate surface area is 160 Å². The number of hydrogen-bond acceptors (Lipinski definition) is 4. The first-order chi connectivity index (χ1) is 12.6. The summed E-state index contributed by atoms with van der Waals surface area (Å²) in [7, 11) is 0. The van der Waals surface area contributed by atoms with Crippen LogP contribution < -0.4 is 5.56 Å². The average molecular weight is 379 g/mol. The van der Waals surface area contributed by atoms with E-state index in [0.717, 1.165) is 26.6 Å². The quantitative estimate of drug-likeness (QED) is 0.373. The molecule has 2 heterocycles. The van der Waals surface area contributed by atoms with Crippen LogP contribution in [0.3, 0.4) is 0 Å². The number of fused-ring (bicyclic) bond motifs is 1. The summed E-state index contributed by atoms with van der Waals surface area (Å²) in [5.41, 5.74) is 4.50. The number of aromatic nitrogens is 2.